The summed E-state index contributed by atoms with van der Waals surface area (Å²) in [5, 5.41) is 0. The topological polar surface area (TPSA) is 3.24 Å². The van der Waals surface area contributed by atoms with E-state index in [-0.39, 0.29) is 0 Å². The van der Waals surface area contributed by atoms with Gasteiger partial charge in [-0.3, -0.25) is 0 Å². The maximum atomic E-state index is 2.34. The predicted octanol–water partition coefficient (Wildman–Crippen LogP) is 6.07. The summed E-state index contributed by atoms with van der Waals surface area (Å²) >= 11 is 2.34. The van der Waals surface area contributed by atoms with Gasteiger partial charge in [-0.1, -0.05) is 36.4 Å². The summed E-state index contributed by atoms with van der Waals surface area (Å²) in [5.74, 6) is 0. The van der Waals surface area contributed by atoms with Gasteiger partial charge in [0.05, 0.1) is 0 Å². The van der Waals surface area contributed by atoms with Gasteiger partial charge in [-0.2, -0.15) is 0 Å². The summed E-state index contributed by atoms with van der Waals surface area (Å²) in [5.41, 5.74) is 4.83. The van der Waals surface area contributed by atoms with Crippen molar-refractivity contribution in [3.8, 4) is 0 Å². The zero-order valence-electron chi connectivity index (χ0n) is 11.8. The summed E-state index contributed by atoms with van der Waals surface area (Å²) in [4.78, 5) is 2.30. The Morgan fingerprint density at radius 3 is 1.90 bits per heavy atom. The quantitative estimate of drug-likeness (QED) is 0.495. The van der Waals surface area contributed by atoms with E-state index in [0.717, 1.165) is 0 Å². The van der Waals surface area contributed by atoms with E-state index in [0.29, 0.717) is 0 Å². The van der Waals surface area contributed by atoms with Gasteiger partial charge in [0.2, 0.25) is 0 Å². The molecule has 1 nitrogen and oxygen atoms in total. The fourth-order valence-electron chi connectivity index (χ4n) is 2.41. The van der Waals surface area contributed by atoms with Crippen molar-refractivity contribution < 1.29 is 0 Å². The van der Waals surface area contributed by atoms with E-state index >= 15 is 0 Å². The van der Waals surface area contributed by atoms with Gasteiger partial charge in [-0.15, -0.1) is 0 Å². The first kappa shape index (κ1) is 14.1. The van der Waals surface area contributed by atoms with Crippen LogP contribution in [0.4, 0.5) is 17.1 Å². The minimum atomic E-state index is 1.17. The first-order valence-electron chi connectivity index (χ1n) is 6.92. The highest BCUT2D eigenvalue weighted by Crippen LogP contribution is 2.36. The Balaban J connectivity index is 2.16. The van der Waals surface area contributed by atoms with Crippen molar-refractivity contribution in [2.45, 2.75) is 6.92 Å². The fraction of sp³-hybridized carbons (Fsp3) is 0.0526. The molecule has 0 aliphatic rings. The first-order valence-corrected chi connectivity index (χ1v) is 8.00. The molecule has 2 heteroatoms. The molecule has 0 aliphatic carbocycles. The number of rotatable bonds is 3. The summed E-state index contributed by atoms with van der Waals surface area (Å²) in [6, 6.07) is 27.6. The van der Waals surface area contributed by atoms with Crippen molar-refractivity contribution >= 4 is 39.7 Å². The molecule has 3 aromatic carbocycles. The van der Waals surface area contributed by atoms with Crippen molar-refractivity contribution in [2.75, 3.05) is 4.90 Å². The van der Waals surface area contributed by atoms with Crippen LogP contribution in [0.5, 0.6) is 0 Å². The van der Waals surface area contributed by atoms with E-state index in [4.69, 9.17) is 0 Å². The van der Waals surface area contributed by atoms with Crippen LogP contribution in [0.3, 0.4) is 0 Å². The average molecular weight is 385 g/mol. The lowest BCUT2D eigenvalue weighted by Gasteiger charge is -2.27. The van der Waals surface area contributed by atoms with Gasteiger partial charge in [0, 0.05) is 20.6 Å². The molecule has 21 heavy (non-hydrogen) atoms. The average Bonchev–Trinajstić information content (AvgIpc) is 2.52. The van der Waals surface area contributed by atoms with Gasteiger partial charge in [0.15, 0.2) is 0 Å². The van der Waals surface area contributed by atoms with Crippen LogP contribution in [0, 0.1) is 10.5 Å². The van der Waals surface area contributed by atoms with Crippen molar-refractivity contribution in [2.24, 2.45) is 0 Å². The lowest BCUT2D eigenvalue weighted by molar-refractivity contribution is 1.25. The fourth-order valence-corrected chi connectivity index (χ4v) is 2.77. The lowest BCUT2D eigenvalue weighted by Crippen LogP contribution is -2.11. The van der Waals surface area contributed by atoms with E-state index in [2.05, 4.69) is 107 Å². The molecular formula is C19H16IN. The smallest absolute Gasteiger partial charge is 0.0490 e. The molecule has 0 heterocycles. The number of benzene rings is 3. The number of halogens is 1. The minimum absolute atomic E-state index is 1.17. The van der Waals surface area contributed by atoms with Crippen LogP contribution in [-0.2, 0) is 0 Å². The molecule has 104 valence electrons. The first-order chi connectivity index (χ1) is 10.3. The SMILES string of the molecule is Cc1ccccc1N(c1ccccc1)c1ccc(I)cc1. The molecule has 0 atom stereocenters. The molecule has 0 saturated heterocycles. The van der Waals surface area contributed by atoms with Gasteiger partial charge < -0.3 is 4.90 Å². The van der Waals surface area contributed by atoms with E-state index in [1.165, 1.54) is 26.2 Å². The molecule has 0 fully saturated rings. The highest BCUT2D eigenvalue weighted by atomic mass is 127. The van der Waals surface area contributed by atoms with Crippen LogP contribution in [0.2, 0.25) is 0 Å². The molecule has 0 aliphatic heterocycles. The second-order valence-electron chi connectivity index (χ2n) is 4.93. The molecule has 3 aromatic rings. The Kier molecular flexibility index (Phi) is 4.25. The van der Waals surface area contributed by atoms with Crippen molar-refractivity contribution in [3.63, 3.8) is 0 Å². The van der Waals surface area contributed by atoms with Crippen LogP contribution in [0.1, 0.15) is 5.56 Å². The standard InChI is InChI=1S/C19H16IN/c1-15-7-5-6-10-19(15)21(17-8-3-2-4-9-17)18-13-11-16(20)12-14-18/h2-14H,1H3. The number of hydrogen-bond donors (Lipinski definition) is 0. The third-order valence-corrected chi connectivity index (χ3v) is 4.17. The van der Waals surface area contributed by atoms with Gasteiger partial charge in [-0.05, 0) is 77.5 Å². The number of nitrogens with zero attached hydrogens (tertiary/aromatic N) is 1. The van der Waals surface area contributed by atoms with E-state index in [9.17, 15) is 0 Å². The second kappa shape index (κ2) is 6.31. The Hall–Kier alpha value is -1.81. The van der Waals surface area contributed by atoms with Crippen molar-refractivity contribution in [1.82, 2.24) is 0 Å². The lowest BCUT2D eigenvalue weighted by atomic mass is 10.1. The van der Waals surface area contributed by atoms with Gasteiger partial charge >= 0.3 is 0 Å². The highest BCUT2D eigenvalue weighted by Gasteiger charge is 2.13. The summed E-state index contributed by atoms with van der Waals surface area (Å²) in [6.45, 7) is 2.15. The van der Waals surface area contributed by atoms with Crippen molar-refractivity contribution in [3.05, 3.63) is 88.0 Å². The predicted molar refractivity (Wildman–Crippen MR) is 98.6 cm³/mol. The Morgan fingerprint density at radius 1 is 0.667 bits per heavy atom. The molecule has 0 unspecified atom stereocenters. The maximum absolute atomic E-state index is 2.34. The van der Waals surface area contributed by atoms with E-state index in [1.807, 2.05) is 6.07 Å². The molecule has 0 N–H and O–H groups in total. The highest BCUT2D eigenvalue weighted by molar-refractivity contribution is 14.1. The molecule has 0 amide bonds. The molecule has 0 spiro atoms. The number of para-hydroxylation sites is 2. The van der Waals surface area contributed by atoms with E-state index < -0.39 is 0 Å². The zero-order valence-corrected chi connectivity index (χ0v) is 14.0. The van der Waals surface area contributed by atoms with Crippen LogP contribution in [-0.4, -0.2) is 0 Å². The summed E-state index contributed by atoms with van der Waals surface area (Å²) < 4.78 is 1.24. The number of anilines is 3. The minimum Gasteiger partial charge on any atom is -0.310 e. The molecule has 0 aromatic heterocycles. The molecule has 3 rings (SSSR count). The third-order valence-electron chi connectivity index (χ3n) is 3.46. The zero-order chi connectivity index (χ0) is 14.7. The number of hydrogen-bond acceptors (Lipinski definition) is 1. The van der Waals surface area contributed by atoms with Gasteiger partial charge in [0.25, 0.3) is 0 Å². The van der Waals surface area contributed by atoms with Crippen LogP contribution in [0.15, 0.2) is 78.9 Å². The van der Waals surface area contributed by atoms with E-state index in [1.54, 1.807) is 0 Å². The maximum Gasteiger partial charge on any atom is 0.0490 e. The Morgan fingerprint density at radius 2 is 1.24 bits per heavy atom. The summed E-state index contributed by atoms with van der Waals surface area (Å²) in [6.07, 6.45) is 0. The Bertz CT molecular complexity index is 720. The van der Waals surface area contributed by atoms with Gasteiger partial charge in [0.1, 0.15) is 0 Å². The summed E-state index contributed by atoms with van der Waals surface area (Å²) in [7, 11) is 0. The second-order valence-corrected chi connectivity index (χ2v) is 6.18. The third kappa shape index (κ3) is 3.10. The molecule has 0 radical (unpaired) electrons. The van der Waals surface area contributed by atoms with Crippen LogP contribution >= 0.6 is 22.6 Å². The largest absolute Gasteiger partial charge is 0.310 e. The van der Waals surface area contributed by atoms with Crippen LogP contribution < -0.4 is 4.90 Å². The molecule has 0 saturated carbocycles. The molecule has 0 bridgehead atoms. The monoisotopic (exact) mass is 385 g/mol. The number of aryl methyl sites for hydroxylation is 1. The van der Waals surface area contributed by atoms with Crippen molar-refractivity contribution in [1.29, 1.82) is 0 Å². The Labute approximate surface area is 139 Å². The normalized spacial score (nSPS) is 10.4. The molecular weight excluding hydrogens is 369 g/mol. The van der Waals surface area contributed by atoms with Crippen LogP contribution in [0.25, 0.3) is 0 Å². The van der Waals surface area contributed by atoms with Gasteiger partial charge in [-0.25, -0.2) is 0 Å².